The Morgan fingerprint density at radius 2 is 1.89 bits per heavy atom. The maximum Gasteiger partial charge on any atom is 0.226 e. The van der Waals surface area contributed by atoms with Crippen LogP contribution in [0, 0.1) is 6.92 Å². The Hall–Kier alpha value is -1.01. The predicted molar refractivity (Wildman–Crippen MR) is 82.7 cm³/mol. The molecule has 102 valence electrons. The summed E-state index contributed by atoms with van der Waals surface area (Å²) in [6.07, 6.45) is 0. The van der Waals surface area contributed by atoms with E-state index in [1.165, 1.54) is 4.88 Å². The largest absolute Gasteiger partial charge is 0.347 e. The van der Waals surface area contributed by atoms with Crippen molar-refractivity contribution in [3.8, 4) is 0 Å². The van der Waals surface area contributed by atoms with Crippen LogP contribution in [0.1, 0.15) is 49.3 Å². The molecule has 1 N–H and O–H groups in total. The van der Waals surface area contributed by atoms with E-state index in [0.717, 1.165) is 15.4 Å². The van der Waals surface area contributed by atoms with Crippen molar-refractivity contribution in [1.29, 1.82) is 0 Å². The van der Waals surface area contributed by atoms with Gasteiger partial charge in [0, 0.05) is 10.8 Å². The first-order chi connectivity index (χ1) is 8.95. The van der Waals surface area contributed by atoms with Gasteiger partial charge in [-0.3, -0.25) is 0 Å². The molecule has 0 amide bonds. The van der Waals surface area contributed by atoms with Gasteiger partial charge in [0.1, 0.15) is 11.6 Å². The van der Waals surface area contributed by atoms with E-state index in [1.807, 2.05) is 6.92 Å². The van der Waals surface area contributed by atoms with Crippen molar-refractivity contribution in [2.45, 2.75) is 39.7 Å². The summed E-state index contributed by atoms with van der Waals surface area (Å²) in [6.45, 7) is 8.16. The van der Waals surface area contributed by atoms with E-state index in [0.29, 0.717) is 11.9 Å². The van der Waals surface area contributed by atoms with Gasteiger partial charge in [0.2, 0.25) is 5.95 Å². The standard InChI is InChI=1S/C13H17BrN4S/c1-7(2)12-16-9(4)17-13(18-12)15-8(3)10-5-6-11(14)19-10/h5-8H,1-4H3,(H,15,16,17,18). The van der Waals surface area contributed by atoms with Crippen LogP contribution in [0.5, 0.6) is 0 Å². The molecule has 2 aromatic heterocycles. The van der Waals surface area contributed by atoms with E-state index in [2.05, 4.69) is 69.1 Å². The molecular formula is C13H17BrN4S. The Labute approximate surface area is 125 Å². The smallest absolute Gasteiger partial charge is 0.226 e. The van der Waals surface area contributed by atoms with Gasteiger partial charge in [-0.25, -0.2) is 4.98 Å². The number of anilines is 1. The van der Waals surface area contributed by atoms with Crippen LogP contribution in [0.25, 0.3) is 0 Å². The summed E-state index contributed by atoms with van der Waals surface area (Å²) in [6, 6.07) is 4.33. The van der Waals surface area contributed by atoms with Gasteiger partial charge in [-0.2, -0.15) is 9.97 Å². The maximum absolute atomic E-state index is 4.46. The maximum atomic E-state index is 4.46. The molecule has 0 spiro atoms. The van der Waals surface area contributed by atoms with Crippen LogP contribution < -0.4 is 5.32 Å². The van der Waals surface area contributed by atoms with Gasteiger partial charge in [0.05, 0.1) is 9.83 Å². The molecule has 1 atom stereocenters. The predicted octanol–water partition coefficient (Wildman–Crippen LogP) is 4.30. The van der Waals surface area contributed by atoms with Gasteiger partial charge >= 0.3 is 0 Å². The summed E-state index contributed by atoms with van der Waals surface area (Å²) in [5.41, 5.74) is 0. The molecule has 0 aromatic carbocycles. The third-order valence-corrected chi connectivity index (χ3v) is 4.45. The molecule has 0 aliphatic rings. The lowest BCUT2D eigenvalue weighted by Crippen LogP contribution is -2.12. The Bertz CT molecular complexity index is 568. The first-order valence-electron chi connectivity index (χ1n) is 6.20. The lowest BCUT2D eigenvalue weighted by atomic mass is 10.2. The zero-order valence-corrected chi connectivity index (χ0v) is 13.8. The first-order valence-corrected chi connectivity index (χ1v) is 7.81. The number of hydrogen-bond acceptors (Lipinski definition) is 5. The molecule has 19 heavy (non-hydrogen) atoms. The number of nitrogens with one attached hydrogen (secondary N) is 1. The highest BCUT2D eigenvalue weighted by molar-refractivity contribution is 9.11. The molecule has 0 aliphatic carbocycles. The highest BCUT2D eigenvalue weighted by atomic mass is 79.9. The van der Waals surface area contributed by atoms with E-state index in [1.54, 1.807) is 11.3 Å². The minimum absolute atomic E-state index is 0.179. The van der Waals surface area contributed by atoms with E-state index in [9.17, 15) is 0 Å². The number of thiophene rings is 1. The molecule has 6 heteroatoms. The Morgan fingerprint density at radius 3 is 2.47 bits per heavy atom. The van der Waals surface area contributed by atoms with Crippen molar-refractivity contribution in [3.05, 3.63) is 32.4 Å². The SMILES string of the molecule is Cc1nc(NC(C)c2ccc(Br)s2)nc(C(C)C)n1. The van der Waals surface area contributed by atoms with Gasteiger partial charge < -0.3 is 5.32 Å². The molecule has 1 unspecified atom stereocenters. The monoisotopic (exact) mass is 340 g/mol. The summed E-state index contributed by atoms with van der Waals surface area (Å²) in [5, 5.41) is 3.33. The Balaban J connectivity index is 2.18. The van der Waals surface area contributed by atoms with Crippen LogP contribution in [0.4, 0.5) is 5.95 Å². The number of hydrogen-bond donors (Lipinski definition) is 1. The van der Waals surface area contributed by atoms with Crippen LogP contribution in [-0.4, -0.2) is 15.0 Å². The number of rotatable bonds is 4. The Kier molecular flexibility index (Phi) is 4.52. The van der Waals surface area contributed by atoms with E-state index >= 15 is 0 Å². The quantitative estimate of drug-likeness (QED) is 0.901. The number of nitrogens with zero attached hydrogens (tertiary/aromatic N) is 3. The van der Waals surface area contributed by atoms with E-state index < -0.39 is 0 Å². The van der Waals surface area contributed by atoms with Gasteiger partial charge in [-0.15, -0.1) is 11.3 Å². The fraction of sp³-hybridized carbons (Fsp3) is 0.462. The lowest BCUT2D eigenvalue weighted by molar-refractivity contribution is 0.740. The molecule has 0 saturated carbocycles. The molecular weight excluding hydrogens is 324 g/mol. The normalized spacial score (nSPS) is 12.7. The molecule has 0 bridgehead atoms. The topological polar surface area (TPSA) is 50.7 Å². The van der Waals surface area contributed by atoms with Crippen molar-refractivity contribution in [2.75, 3.05) is 5.32 Å². The second kappa shape index (κ2) is 5.96. The molecule has 4 nitrogen and oxygen atoms in total. The van der Waals surface area contributed by atoms with Crippen molar-refractivity contribution >= 4 is 33.2 Å². The number of halogens is 1. The van der Waals surface area contributed by atoms with Crippen LogP contribution in [0.15, 0.2) is 15.9 Å². The van der Waals surface area contributed by atoms with E-state index in [4.69, 9.17) is 0 Å². The van der Waals surface area contributed by atoms with Crippen LogP contribution in [-0.2, 0) is 0 Å². The fourth-order valence-electron chi connectivity index (χ4n) is 1.65. The molecule has 0 radical (unpaired) electrons. The summed E-state index contributed by atoms with van der Waals surface area (Å²) in [5.74, 6) is 2.52. The third-order valence-electron chi connectivity index (χ3n) is 2.65. The zero-order valence-electron chi connectivity index (χ0n) is 11.4. The first kappa shape index (κ1) is 14.4. The minimum Gasteiger partial charge on any atom is -0.347 e. The molecule has 0 saturated heterocycles. The highest BCUT2D eigenvalue weighted by Gasteiger charge is 2.12. The highest BCUT2D eigenvalue weighted by Crippen LogP contribution is 2.28. The third kappa shape index (κ3) is 3.73. The summed E-state index contributed by atoms with van der Waals surface area (Å²) in [4.78, 5) is 14.4. The molecule has 2 rings (SSSR count). The fourth-order valence-corrected chi connectivity index (χ4v) is 3.08. The zero-order chi connectivity index (χ0) is 14.0. The summed E-state index contributed by atoms with van der Waals surface area (Å²) < 4.78 is 1.13. The second-order valence-corrected chi connectivity index (χ2v) is 7.22. The van der Waals surface area contributed by atoms with Crippen LogP contribution >= 0.6 is 27.3 Å². The molecule has 2 heterocycles. The minimum atomic E-state index is 0.179. The van der Waals surface area contributed by atoms with Gasteiger partial charge in [-0.05, 0) is 41.9 Å². The van der Waals surface area contributed by atoms with Crippen LogP contribution in [0.2, 0.25) is 0 Å². The van der Waals surface area contributed by atoms with Gasteiger partial charge in [0.15, 0.2) is 0 Å². The average Bonchev–Trinajstić information content (AvgIpc) is 2.75. The van der Waals surface area contributed by atoms with Crippen molar-refractivity contribution in [2.24, 2.45) is 0 Å². The second-order valence-electron chi connectivity index (χ2n) is 4.73. The van der Waals surface area contributed by atoms with Crippen molar-refractivity contribution in [3.63, 3.8) is 0 Å². The van der Waals surface area contributed by atoms with Gasteiger partial charge in [0.25, 0.3) is 0 Å². The molecule has 0 aliphatic heterocycles. The summed E-state index contributed by atoms with van der Waals surface area (Å²) >= 11 is 5.19. The molecule has 0 fully saturated rings. The lowest BCUT2D eigenvalue weighted by Gasteiger charge is -2.13. The summed E-state index contributed by atoms with van der Waals surface area (Å²) in [7, 11) is 0. The van der Waals surface area contributed by atoms with Crippen molar-refractivity contribution in [1.82, 2.24) is 15.0 Å². The van der Waals surface area contributed by atoms with E-state index in [-0.39, 0.29) is 6.04 Å². The number of aromatic nitrogens is 3. The molecule has 2 aromatic rings. The average molecular weight is 341 g/mol. The van der Waals surface area contributed by atoms with Crippen LogP contribution in [0.3, 0.4) is 0 Å². The van der Waals surface area contributed by atoms with Crippen molar-refractivity contribution < 1.29 is 0 Å². The Morgan fingerprint density at radius 1 is 1.16 bits per heavy atom. The number of aryl methyl sites for hydroxylation is 1. The van der Waals surface area contributed by atoms with Gasteiger partial charge in [-0.1, -0.05) is 13.8 Å².